The van der Waals surface area contributed by atoms with Crippen LogP contribution in [0, 0.1) is 14.3 Å². The van der Waals surface area contributed by atoms with Crippen molar-refractivity contribution in [2.24, 2.45) is 0 Å². The van der Waals surface area contributed by atoms with Crippen molar-refractivity contribution in [3.8, 4) is 0 Å². The minimum Gasteiger partial charge on any atom is -0.456 e. The minimum absolute atomic E-state index is 0.399. The molecule has 0 fully saturated rings. The van der Waals surface area contributed by atoms with Crippen molar-refractivity contribution in [2.75, 3.05) is 0 Å². The van der Waals surface area contributed by atoms with E-state index in [9.17, 15) is 0 Å². The Labute approximate surface area is 297 Å². The molecule has 3 aliphatic rings. The fourth-order valence-corrected chi connectivity index (χ4v) is 7.99. The molecular formula is C41H26BF2IN4O. The Kier molecular flexibility index (Phi) is 6.39. The van der Waals surface area contributed by atoms with Crippen LogP contribution >= 0.6 is 22.6 Å². The zero-order chi connectivity index (χ0) is 33.6. The van der Waals surface area contributed by atoms with Gasteiger partial charge in [-0.05, 0) is 99.9 Å². The van der Waals surface area contributed by atoms with Crippen LogP contribution in [-0.4, -0.2) is 31.6 Å². The van der Waals surface area contributed by atoms with Crippen molar-refractivity contribution in [3.05, 3.63) is 209 Å². The van der Waals surface area contributed by atoms with Gasteiger partial charge >= 0.3 is 6.97 Å². The van der Waals surface area contributed by atoms with E-state index >= 15 is 8.63 Å². The molecule has 2 N–H and O–H groups in total. The largest absolute Gasteiger partial charge is 0.738 e. The molecule has 0 radical (unpaired) electrons. The average molecular weight is 766 g/mol. The van der Waals surface area contributed by atoms with Crippen LogP contribution in [0.15, 0.2) is 150 Å². The Balaban J connectivity index is 1.42. The van der Waals surface area contributed by atoms with Crippen molar-refractivity contribution < 1.29 is 17.5 Å². The lowest BCUT2D eigenvalue weighted by Gasteiger charge is -2.29. The highest BCUT2D eigenvalue weighted by Gasteiger charge is 2.53. The van der Waals surface area contributed by atoms with Gasteiger partial charge in [0, 0.05) is 37.6 Å². The third-order valence-corrected chi connectivity index (χ3v) is 10.5. The number of nitrogens with zero attached hydrogens (tertiary/aromatic N) is 2. The van der Waals surface area contributed by atoms with Crippen LogP contribution in [-0.2, 0) is 0 Å². The van der Waals surface area contributed by atoms with Crippen molar-refractivity contribution in [1.29, 1.82) is 0 Å². The summed E-state index contributed by atoms with van der Waals surface area (Å²) in [5, 5.41) is 3.55. The van der Waals surface area contributed by atoms with Crippen molar-refractivity contribution in [1.82, 2.24) is 14.4 Å². The first-order chi connectivity index (χ1) is 24.5. The molecule has 0 atom stereocenters. The van der Waals surface area contributed by atoms with E-state index in [0.29, 0.717) is 44.3 Å². The van der Waals surface area contributed by atoms with Gasteiger partial charge in [-0.25, -0.2) is 0 Å². The molecule has 50 heavy (non-hydrogen) atoms. The maximum absolute atomic E-state index is 17.5. The van der Waals surface area contributed by atoms with Gasteiger partial charge < -0.3 is 32.0 Å². The van der Waals surface area contributed by atoms with Crippen LogP contribution in [0.4, 0.5) is 8.63 Å². The molecule has 0 amide bonds. The first-order valence-electron chi connectivity index (χ1n) is 16.4. The number of fused-ring (bicyclic) bond motifs is 6. The number of nitrogens with one attached hydrogen (secondary N) is 2. The van der Waals surface area contributed by atoms with Crippen LogP contribution in [0.1, 0.15) is 28.2 Å². The Morgan fingerprint density at radius 1 is 0.540 bits per heavy atom. The van der Waals surface area contributed by atoms with E-state index in [1.807, 2.05) is 133 Å². The number of allylic oxidation sites excluding steroid dienone is 1. The van der Waals surface area contributed by atoms with E-state index in [-0.39, 0.29) is 0 Å². The Morgan fingerprint density at radius 3 is 1.72 bits per heavy atom. The quantitative estimate of drug-likeness (QED) is 0.176. The van der Waals surface area contributed by atoms with Gasteiger partial charge in [0.15, 0.2) is 11.4 Å². The molecule has 5 nitrogen and oxygen atoms in total. The summed E-state index contributed by atoms with van der Waals surface area (Å²) >= 11 is 2.27. The van der Waals surface area contributed by atoms with Crippen LogP contribution in [0.3, 0.4) is 0 Å². The molecule has 9 heteroatoms. The number of H-pyrrole nitrogens is 2. The van der Waals surface area contributed by atoms with Gasteiger partial charge in [-0.2, -0.15) is 0 Å². The Bertz CT molecular complexity index is 2950. The summed E-state index contributed by atoms with van der Waals surface area (Å²) < 4.78 is 45.2. The van der Waals surface area contributed by atoms with Crippen LogP contribution in [0.5, 0.6) is 0 Å². The zero-order valence-electron chi connectivity index (χ0n) is 26.4. The smallest absolute Gasteiger partial charge is 0.456 e. The number of hydrogen-bond acceptors (Lipinski definition) is 1. The summed E-state index contributed by atoms with van der Waals surface area (Å²) in [6.07, 6.45) is 3.61. The number of aromatic amines is 2. The molecule has 3 aromatic carbocycles. The molecule has 0 aliphatic carbocycles. The summed E-state index contributed by atoms with van der Waals surface area (Å²) in [6.45, 7) is -4.34. The highest BCUT2D eigenvalue weighted by Crippen LogP contribution is 2.32. The highest BCUT2D eigenvalue weighted by molar-refractivity contribution is 14.1. The number of benzene rings is 3. The van der Waals surface area contributed by atoms with Crippen molar-refractivity contribution in [3.63, 3.8) is 0 Å². The lowest BCUT2D eigenvalue weighted by molar-refractivity contribution is -0.318. The van der Waals surface area contributed by atoms with Gasteiger partial charge in [0.25, 0.3) is 0 Å². The van der Waals surface area contributed by atoms with E-state index in [1.165, 1.54) is 8.96 Å². The average Bonchev–Trinajstić information content (AvgIpc) is 3.97. The van der Waals surface area contributed by atoms with Gasteiger partial charge in [0.2, 0.25) is 0 Å². The number of aromatic nitrogens is 3. The monoisotopic (exact) mass is 766 g/mol. The second-order valence-corrected chi connectivity index (χ2v) is 13.9. The fraction of sp³-hybridized carbons (Fsp3) is 0. The SMILES string of the molecule is F[B-]1(F)n2c3ccc2=c2ccc([nH]2)=C(c2ccccc2)c2ccc(o2)C(c2ccccc2)=c2ccc([nH]2)=C2C=CC(=[N+]21)C=3c1ccc(I)cc1. The number of halogens is 3. The molecule has 8 bridgehead atoms. The molecule has 4 aromatic heterocycles. The number of furan rings is 1. The molecule has 3 aliphatic heterocycles. The van der Waals surface area contributed by atoms with Gasteiger partial charge in [0.05, 0.1) is 21.6 Å². The van der Waals surface area contributed by atoms with Crippen molar-refractivity contribution >= 4 is 57.7 Å². The lowest BCUT2D eigenvalue weighted by atomic mass is 9.88. The fourth-order valence-electron chi connectivity index (χ4n) is 7.63. The number of rotatable bonds is 3. The third-order valence-electron chi connectivity index (χ3n) is 9.79. The molecule has 0 saturated carbocycles. The van der Waals surface area contributed by atoms with Gasteiger partial charge in [-0.3, -0.25) is 0 Å². The maximum atomic E-state index is 17.5. The van der Waals surface area contributed by atoms with Crippen LogP contribution in [0.25, 0.3) is 22.4 Å². The normalized spacial score (nSPS) is 15.7. The van der Waals surface area contributed by atoms with Crippen molar-refractivity contribution in [2.45, 2.75) is 0 Å². The summed E-state index contributed by atoms with van der Waals surface area (Å²) in [4.78, 5) is 7.04. The predicted molar refractivity (Wildman–Crippen MR) is 200 cm³/mol. The molecule has 0 saturated heterocycles. The second-order valence-electron chi connectivity index (χ2n) is 12.6. The minimum atomic E-state index is -4.34. The summed E-state index contributed by atoms with van der Waals surface area (Å²) in [6, 6.07) is 43.3. The molecule has 7 heterocycles. The van der Waals surface area contributed by atoms with Crippen LogP contribution < -0.4 is 21.4 Å². The van der Waals surface area contributed by atoms with Gasteiger partial charge in [0.1, 0.15) is 16.9 Å². The summed E-state index contributed by atoms with van der Waals surface area (Å²) in [7, 11) is 0. The first-order valence-corrected chi connectivity index (χ1v) is 17.5. The zero-order valence-corrected chi connectivity index (χ0v) is 28.5. The summed E-state index contributed by atoms with van der Waals surface area (Å²) in [5.74, 6) is 1.32. The Morgan fingerprint density at radius 2 is 1.08 bits per heavy atom. The first kappa shape index (κ1) is 29.3. The van der Waals surface area contributed by atoms with E-state index < -0.39 is 6.97 Å². The van der Waals surface area contributed by atoms with E-state index in [0.717, 1.165) is 47.7 Å². The molecular weight excluding hydrogens is 740 g/mol. The third kappa shape index (κ3) is 4.32. The highest BCUT2D eigenvalue weighted by atomic mass is 127. The molecule has 7 aromatic rings. The standard InChI is InChI=1S/C41H26BF2IN4O/c43-42(44)48-33-19-21-35(48)41(27-11-13-28(45)14-12-27)36-22-20-34(49(36)42)30-16-18-32(47-30)40(26-9-5-2-6-10-26)38-24-23-37(50-38)39(25-7-3-1-4-8-25)31-17-15-29(33)46-31/h1-24,46-47H. The molecule has 0 unspecified atom stereocenters. The van der Waals surface area contributed by atoms with Gasteiger partial charge in [-0.15, -0.1) is 0 Å². The van der Waals surface area contributed by atoms with E-state index in [4.69, 9.17) is 4.42 Å². The maximum Gasteiger partial charge on any atom is 0.738 e. The van der Waals surface area contributed by atoms with Gasteiger partial charge in [-0.1, -0.05) is 72.8 Å². The second kappa shape index (κ2) is 10.9. The Hall–Kier alpha value is -5.68. The van der Waals surface area contributed by atoms with E-state index in [1.54, 1.807) is 12.1 Å². The van der Waals surface area contributed by atoms with E-state index in [2.05, 4.69) is 32.6 Å². The number of hydrogen-bond donors (Lipinski definition) is 2. The van der Waals surface area contributed by atoms with Crippen LogP contribution in [0.2, 0.25) is 0 Å². The molecule has 10 rings (SSSR count). The topological polar surface area (TPSA) is 52.7 Å². The predicted octanol–water partition coefficient (Wildman–Crippen LogP) is 5.70. The summed E-state index contributed by atoms with van der Waals surface area (Å²) in [5.41, 5.74) is 6.03. The molecule has 240 valence electrons. The molecule has 0 spiro atoms. The lowest BCUT2D eigenvalue weighted by Crippen LogP contribution is -2.56.